The van der Waals surface area contributed by atoms with Gasteiger partial charge in [-0.2, -0.15) is 4.31 Å². The van der Waals surface area contributed by atoms with E-state index in [1.165, 1.54) is 17.1 Å². The number of rotatable bonds is 5. The lowest BCUT2D eigenvalue weighted by atomic mass is 10.3. The van der Waals surface area contributed by atoms with Crippen LogP contribution in [0.25, 0.3) is 0 Å². The zero-order chi connectivity index (χ0) is 20.6. The maximum atomic E-state index is 13.0. The second-order valence-corrected chi connectivity index (χ2v) is 9.51. The highest BCUT2D eigenvalue weighted by atomic mass is 32.2. The lowest BCUT2D eigenvalue weighted by Gasteiger charge is -2.34. The second kappa shape index (κ2) is 7.91. The number of imidazole rings is 1. The summed E-state index contributed by atoms with van der Waals surface area (Å²) in [6.07, 6.45) is 4.03. The quantitative estimate of drug-likeness (QED) is 0.724. The van der Waals surface area contributed by atoms with Crippen molar-refractivity contribution in [3.63, 3.8) is 0 Å². The van der Waals surface area contributed by atoms with E-state index in [-0.39, 0.29) is 5.03 Å². The minimum absolute atomic E-state index is 0.138. The zero-order valence-corrected chi connectivity index (χ0v) is 18.2. The van der Waals surface area contributed by atoms with Crippen LogP contribution in [0.2, 0.25) is 0 Å². The molecule has 0 saturated carbocycles. The molecule has 2 aromatic rings. The number of piperazine rings is 1. The van der Waals surface area contributed by atoms with Gasteiger partial charge in [0, 0.05) is 58.1 Å². The van der Waals surface area contributed by atoms with E-state index in [4.69, 9.17) is 0 Å². The molecule has 10 heteroatoms. The number of aryl methyl sites for hydroxylation is 3. The maximum absolute atomic E-state index is 13.0. The molecule has 0 unspecified atom stereocenters. The average molecular weight is 420 g/mol. The van der Waals surface area contributed by atoms with Crippen molar-refractivity contribution in [2.75, 3.05) is 49.1 Å². The van der Waals surface area contributed by atoms with Crippen molar-refractivity contribution in [1.82, 2.24) is 23.8 Å². The fraction of sp³-hybridized carbons (Fsp3) is 0.632. The lowest BCUT2D eigenvalue weighted by molar-refractivity contribution is 0.382. The minimum Gasteiger partial charge on any atom is -0.356 e. The SMILES string of the molecule is CCn1cc(S(=O)(=O)N2CCN(c3cc(N4CCCC4)nc(C)n3)CC2)nc1C. The first kappa shape index (κ1) is 20.1. The molecule has 9 nitrogen and oxygen atoms in total. The monoisotopic (exact) mass is 419 g/mol. The molecule has 2 fully saturated rings. The molecule has 0 radical (unpaired) electrons. The molecule has 0 bridgehead atoms. The number of hydrogen-bond donors (Lipinski definition) is 0. The van der Waals surface area contributed by atoms with Crippen molar-refractivity contribution in [3.05, 3.63) is 23.9 Å². The van der Waals surface area contributed by atoms with Gasteiger partial charge in [-0.3, -0.25) is 0 Å². The zero-order valence-electron chi connectivity index (χ0n) is 17.4. The van der Waals surface area contributed by atoms with Crippen LogP contribution >= 0.6 is 0 Å². The van der Waals surface area contributed by atoms with Gasteiger partial charge in [0.05, 0.1) is 0 Å². The van der Waals surface area contributed by atoms with E-state index >= 15 is 0 Å². The van der Waals surface area contributed by atoms with Crippen LogP contribution in [0.4, 0.5) is 11.6 Å². The molecule has 0 atom stereocenters. The van der Waals surface area contributed by atoms with E-state index in [2.05, 4.69) is 24.8 Å². The summed E-state index contributed by atoms with van der Waals surface area (Å²) in [5.41, 5.74) is 0. The van der Waals surface area contributed by atoms with Crippen LogP contribution in [0, 0.1) is 13.8 Å². The van der Waals surface area contributed by atoms with E-state index in [9.17, 15) is 8.42 Å². The molecule has 0 amide bonds. The summed E-state index contributed by atoms with van der Waals surface area (Å²) in [7, 11) is -3.58. The molecule has 158 valence electrons. The summed E-state index contributed by atoms with van der Waals surface area (Å²) < 4.78 is 29.4. The van der Waals surface area contributed by atoms with Crippen molar-refractivity contribution in [1.29, 1.82) is 0 Å². The summed E-state index contributed by atoms with van der Waals surface area (Å²) in [6, 6.07) is 2.04. The Labute approximate surface area is 172 Å². The fourth-order valence-electron chi connectivity index (χ4n) is 4.02. The van der Waals surface area contributed by atoms with Gasteiger partial charge < -0.3 is 14.4 Å². The molecule has 4 rings (SSSR count). The van der Waals surface area contributed by atoms with Crippen LogP contribution in [0.3, 0.4) is 0 Å². The minimum atomic E-state index is -3.58. The maximum Gasteiger partial charge on any atom is 0.262 e. The summed E-state index contributed by atoms with van der Waals surface area (Å²) in [5, 5.41) is 0.138. The molecular weight excluding hydrogens is 390 g/mol. The Bertz CT molecular complexity index is 974. The van der Waals surface area contributed by atoms with E-state index in [1.54, 1.807) is 6.20 Å². The van der Waals surface area contributed by atoms with Gasteiger partial charge in [0.1, 0.15) is 23.3 Å². The highest BCUT2D eigenvalue weighted by Gasteiger charge is 2.31. The fourth-order valence-corrected chi connectivity index (χ4v) is 5.44. The largest absolute Gasteiger partial charge is 0.356 e. The predicted molar refractivity (Wildman–Crippen MR) is 112 cm³/mol. The Hall–Kier alpha value is -2.20. The third-order valence-electron chi connectivity index (χ3n) is 5.70. The number of aromatic nitrogens is 4. The van der Waals surface area contributed by atoms with Crippen molar-refractivity contribution in [2.45, 2.75) is 45.2 Å². The highest BCUT2D eigenvalue weighted by molar-refractivity contribution is 7.89. The van der Waals surface area contributed by atoms with Crippen LogP contribution in [0.1, 0.15) is 31.4 Å². The van der Waals surface area contributed by atoms with Gasteiger partial charge in [-0.1, -0.05) is 0 Å². The highest BCUT2D eigenvalue weighted by Crippen LogP contribution is 2.24. The van der Waals surface area contributed by atoms with Crippen LogP contribution in [-0.4, -0.2) is 71.5 Å². The van der Waals surface area contributed by atoms with Gasteiger partial charge in [-0.05, 0) is 33.6 Å². The number of nitrogens with zero attached hydrogens (tertiary/aromatic N) is 7. The van der Waals surface area contributed by atoms with Crippen LogP contribution in [0.5, 0.6) is 0 Å². The molecule has 2 aliphatic heterocycles. The molecule has 0 spiro atoms. The average Bonchev–Trinajstić information content (AvgIpc) is 3.37. The van der Waals surface area contributed by atoms with E-state index in [0.717, 1.165) is 36.4 Å². The topological polar surface area (TPSA) is 87.5 Å². The summed E-state index contributed by atoms with van der Waals surface area (Å²) in [6.45, 7) is 10.5. The van der Waals surface area contributed by atoms with Gasteiger partial charge in [0.15, 0.2) is 5.03 Å². The van der Waals surface area contributed by atoms with Crippen LogP contribution in [-0.2, 0) is 16.6 Å². The van der Waals surface area contributed by atoms with Gasteiger partial charge >= 0.3 is 0 Å². The molecule has 2 saturated heterocycles. The normalized spacial score (nSPS) is 18.6. The van der Waals surface area contributed by atoms with Crippen LogP contribution < -0.4 is 9.80 Å². The van der Waals surface area contributed by atoms with Crippen LogP contribution in [0.15, 0.2) is 17.3 Å². The molecule has 0 aliphatic carbocycles. The smallest absolute Gasteiger partial charge is 0.262 e. The molecule has 29 heavy (non-hydrogen) atoms. The molecule has 2 aliphatic rings. The standard InChI is InChI=1S/C19H29N7O2S/c1-4-23-14-19(22-16(23)3)29(27,28)26-11-9-25(10-12-26)18-13-17(20-15(2)21-18)24-7-5-6-8-24/h13-14H,4-12H2,1-3H3. The third-order valence-corrected chi connectivity index (χ3v) is 7.47. The number of anilines is 2. The Balaban J connectivity index is 1.48. The van der Waals surface area contributed by atoms with Gasteiger partial charge in [-0.25, -0.2) is 23.4 Å². The molecule has 0 aromatic carbocycles. The third kappa shape index (κ3) is 3.95. The lowest BCUT2D eigenvalue weighted by Crippen LogP contribution is -2.49. The molecule has 4 heterocycles. The van der Waals surface area contributed by atoms with E-state index in [1.807, 2.05) is 31.4 Å². The second-order valence-electron chi connectivity index (χ2n) is 7.63. The first-order chi connectivity index (χ1) is 13.9. The Morgan fingerprint density at radius 3 is 2.03 bits per heavy atom. The summed E-state index contributed by atoms with van der Waals surface area (Å²) >= 11 is 0. The number of sulfonamides is 1. The number of hydrogen-bond acceptors (Lipinski definition) is 7. The van der Waals surface area contributed by atoms with E-state index in [0.29, 0.717) is 32.7 Å². The molecular formula is C19H29N7O2S. The van der Waals surface area contributed by atoms with Crippen molar-refractivity contribution in [2.24, 2.45) is 0 Å². The van der Waals surface area contributed by atoms with Gasteiger partial charge in [0.2, 0.25) is 0 Å². The van der Waals surface area contributed by atoms with Gasteiger partial charge in [0.25, 0.3) is 10.0 Å². The first-order valence-electron chi connectivity index (χ1n) is 10.3. The summed E-state index contributed by atoms with van der Waals surface area (Å²) in [4.78, 5) is 17.9. The van der Waals surface area contributed by atoms with Crippen molar-refractivity contribution < 1.29 is 8.42 Å². The Morgan fingerprint density at radius 1 is 0.897 bits per heavy atom. The molecule has 2 aromatic heterocycles. The summed E-state index contributed by atoms with van der Waals surface area (Å²) in [5.74, 6) is 3.32. The van der Waals surface area contributed by atoms with E-state index < -0.39 is 10.0 Å². The van der Waals surface area contributed by atoms with Crippen molar-refractivity contribution >= 4 is 21.7 Å². The Kier molecular flexibility index (Phi) is 5.48. The van der Waals surface area contributed by atoms with Gasteiger partial charge in [-0.15, -0.1) is 0 Å². The molecule has 0 N–H and O–H groups in total. The van der Waals surface area contributed by atoms with Crippen molar-refractivity contribution in [3.8, 4) is 0 Å². The Morgan fingerprint density at radius 2 is 1.48 bits per heavy atom. The predicted octanol–water partition coefficient (Wildman–Crippen LogP) is 1.42. The first-order valence-corrected chi connectivity index (χ1v) is 11.7.